The van der Waals surface area contributed by atoms with Crippen molar-refractivity contribution < 1.29 is 14.3 Å². The average Bonchev–Trinajstić information content (AvgIpc) is 2.43. The van der Waals surface area contributed by atoms with Gasteiger partial charge in [0.25, 0.3) is 0 Å². The molecule has 7 nitrogen and oxygen atoms in total. The normalized spacial score (nSPS) is 19.2. The van der Waals surface area contributed by atoms with Gasteiger partial charge in [-0.2, -0.15) is 0 Å². The predicted octanol–water partition coefficient (Wildman–Crippen LogP) is -0.298. The Morgan fingerprint density at radius 1 is 1.48 bits per heavy atom. The summed E-state index contributed by atoms with van der Waals surface area (Å²) in [6.07, 6.45) is 0. The second-order valence-electron chi connectivity index (χ2n) is 5.05. The van der Waals surface area contributed by atoms with Crippen molar-refractivity contribution in [1.29, 1.82) is 0 Å². The van der Waals surface area contributed by atoms with Crippen LogP contribution in [0.3, 0.4) is 0 Å². The second kappa shape index (κ2) is 6.55. The highest BCUT2D eigenvalue weighted by Gasteiger charge is 2.29. The number of benzene rings is 1. The van der Waals surface area contributed by atoms with Gasteiger partial charge in [-0.3, -0.25) is 14.5 Å². The number of para-hydroxylation sites is 1. The van der Waals surface area contributed by atoms with Crippen molar-refractivity contribution in [3.05, 3.63) is 23.8 Å². The summed E-state index contributed by atoms with van der Waals surface area (Å²) in [7, 11) is 0. The molecule has 1 fully saturated rings. The van der Waals surface area contributed by atoms with E-state index >= 15 is 0 Å². The lowest BCUT2D eigenvalue weighted by Gasteiger charge is -2.32. The molecular formula is C14H20N4O3. The first-order chi connectivity index (χ1) is 9.99. The van der Waals surface area contributed by atoms with E-state index in [2.05, 4.69) is 5.32 Å². The maximum Gasteiger partial charge on any atom is 0.238 e. The molecule has 0 radical (unpaired) electrons. The van der Waals surface area contributed by atoms with Gasteiger partial charge in [-0.05, 0) is 18.6 Å². The molecular weight excluding hydrogens is 272 g/mol. The van der Waals surface area contributed by atoms with E-state index in [4.69, 9.17) is 16.2 Å². The van der Waals surface area contributed by atoms with Crippen molar-refractivity contribution in [2.24, 2.45) is 5.73 Å². The Kier molecular flexibility index (Phi) is 4.77. The molecule has 2 amide bonds. The van der Waals surface area contributed by atoms with Crippen molar-refractivity contribution in [3.8, 4) is 0 Å². The van der Waals surface area contributed by atoms with Crippen LogP contribution in [0.1, 0.15) is 5.56 Å². The van der Waals surface area contributed by atoms with E-state index in [1.165, 1.54) is 0 Å². The Labute approximate surface area is 123 Å². The van der Waals surface area contributed by atoms with E-state index in [-0.39, 0.29) is 19.1 Å². The summed E-state index contributed by atoms with van der Waals surface area (Å²) in [6, 6.07) is 4.85. The number of nitrogens with zero attached hydrogens (tertiary/aromatic N) is 1. The summed E-state index contributed by atoms with van der Waals surface area (Å²) in [6.45, 7) is 3.13. The maximum absolute atomic E-state index is 12.2. The van der Waals surface area contributed by atoms with Gasteiger partial charge in [-0.1, -0.05) is 12.1 Å². The minimum Gasteiger partial charge on any atom is -0.397 e. The van der Waals surface area contributed by atoms with Crippen LogP contribution in [0, 0.1) is 6.92 Å². The number of ether oxygens (including phenoxy) is 1. The van der Waals surface area contributed by atoms with E-state index in [9.17, 15) is 9.59 Å². The zero-order valence-electron chi connectivity index (χ0n) is 12.0. The first kappa shape index (κ1) is 15.3. The van der Waals surface area contributed by atoms with Gasteiger partial charge in [0, 0.05) is 6.54 Å². The number of hydrogen-bond donors (Lipinski definition) is 3. The fourth-order valence-electron chi connectivity index (χ4n) is 2.31. The highest BCUT2D eigenvalue weighted by molar-refractivity contribution is 5.96. The molecule has 2 rings (SSSR count). The smallest absolute Gasteiger partial charge is 0.238 e. The number of rotatable bonds is 4. The topological polar surface area (TPSA) is 111 Å². The molecule has 0 spiro atoms. The van der Waals surface area contributed by atoms with Crippen molar-refractivity contribution in [2.75, 3.05) is 37.4 Å². The van der Waals surface area contributed by atoms with Gasteiger partial charge in [-0.25, -0.2) is 0 Å². The van der Waals surface area contributed by atoms with Crippen LogP contribution >= 0.6 is 0 Å². The Morgan fingerprint density at radius 3 is 2.90 bits per heavy atom. The fraction of sp³-hybridized carbons (Fsp3) is 0.429. The summed E-state index contributed by atoms with van der Waals surface area (Å²) >= 11 is 0. The summed E-state index contributed by atoms with van der Waals surface area (Å²) in [5.41, 5.74) is 13.2. The Bertz CT molecular complexity index is 527. The van der Waals surface area contributed by atoms with E-state index in [0.717, 1.165) is 5.56 Å². The third-order valence-corrected chi connectivity index (χ3v) is 3.48. The van der Waals surface area contributed by atoms with E-state index < -0.39 is 11.9 Å². The number of carbonyl (C=O) groups excluding carboxylic acids is 2. The molecule has 0 aromatic heterocycles. The van der Waals surface area contributed by atoms with Gasteiger partial charge in [0.2, 0.25) is 11.8 Å². The number of nitrogens with two attached hydrogens (primary N) is 2. The summed E-state index contributed by atoms with van der Waals surface area (Å²) in [5.74, 6) is -0.720. The molecule has 0 aliphatic carbocycles. The highest BCUT2D eigenvalue weighted by Crippen LogP contribution is 2.22. The molecule has 7 heteroatoms. The number of amides is 2. The zero-order valence-corrected chi connectivity index (χ0v) is 12.0. The maximum atomic E-state index is 12.2. The van der Waals surface area contributed by atoms with Gasteiger partial charge < -0.3 is 21.5 Å². The molecule has 1 aliphatic rings. The van der Waals surface area contributed by atoms with Crippen LogP contribution in [0.5, 0.6) is 0 Å². The van der Waals surface area contributed by atoms with Crippen LogP contribution in [0.15, 0.2) is 18.2 Å². The van der Waals surface area contributed by atoms with Crippen LogP contribution in [0.4, 0.5) is 11.4 Å². The molecule has 1 aromatic rings. The molecule has 21 heavy (non-hydrogen) atoms. The van der Waals surface area contributed by atoms with Gasteiger partial charge in [0.05, 0.1) is 31.1 Å². The number of nitrogens with one attached hydrogen (secondary N) is 1. The first-order valence-electron chi connectivity index (χ1n) is 6.75. The number of morpholine rings is 1. The summed E-state index contributed by atoms with van der Waals surface area (Å²) in [5, 5.41) is 2.79. The standard InChI is InChI=1S/C14H20N4O3/c1-9-3-2-4-10(15)13(9)17-12(19)7-18-5-6-21-8-11(18)14(16)20/h2-4,11H,5-8,15H2,1H3,(H2,16,20)(H,17,19). The van der Waals surface area contributed by atoms with Gasteiger partial charge in [0.15, 0.2) is 0 Å². The molecule has 1 unspecified atom stereocenters. The van der Waals surface area contributed by atoms with Crippen molar-refractivity contribution in [1.82, 2.24) is 4.90 Å². The molecule has 114 valence electrons. The lowest BCUT2D eigenvalue weighted by Crippen LogP contribution is -2.54. The Hall–Kier alpha value is -2.12. The lowest BCUT2D eigenvalue weighted by atomic mass is 10.1. The lowest BCUT2D eigenvalue weighted by molar-refractivity contribution is -0.131. The zero-order chi connectivity index (χ0) is 15.4. The average molecular weight is 292 g/mol. The van der Waals surface area contributed by atoms with Gasteiger partial charge in [-0.15, -0.1) is 0 Å². The largest absolute Gasteiger partial charge is 0.397 e. The van der Waals surface area contributed by atoms with Crippen LogP contribution in [0.2, 0.25) is 0 Å². The SMILES string of the molecule is Cc1cccc(N)c1NC(=O)CN1CCOCC1C(N)=O. The van der Waals surface area contributed by atoms with Crippen molar-refractivity contribution >= 4 is 23.2 Å². The predicted molar refractivity (Wildman–Crippen MR) is 79.6 cm³/mol. The number of anilines is 2. The van der Waals surface area contributed by atoms with E-state index in [1.54, 1.807) is 11.0 Å². The van der Waals surface area contributed by atoms with Crippen LogP contribution in [-0.2, 0) is 14.3 Å². The molecule has 0 bridgehead atoms. The minimum atomic E-state index is -0.571. The third-order valence-electron chi connectivity index (χ3n) is 3.48. The van der Waals surface area contributed by atoms with Crippen molar-refractivity contribution in [3.63, 3.8) is 0 Å². The number of carbonyl (C=O) groups is 2. The second-order valence-corrected chi connectivity index (χ2v) is 5.05. The monoisotopic (exact) mass is 292 g/mol. The molecule has 5 N–H and O–H groups in total. The third kappa shape index (κ3) is 3.71. The molecule has 1 aliphatic heterocycles. The van der Waals surface area contributed by atoms with Crippen LogP contribution in [0.25, 0.3) is 0 Å². The summed E-state index contributed by atoms with van der Waals surface area (Å²) < 4.78 is 5.22. The van der Waals surface area contributed by atoms with Gasteiger partial charge >= 0.3 is 0 Å². The van der Waals surface area contributed by atoms with Crippen LogP contribution < -0.4 is 16.8 Å². The Balaban J connectivity index is 2.02. The quantitative estimate of drug-likeness (QED) is 0.660. The minimum absolute atomic E-state index is 0.0741. The van der Waals surface area contributed by atoms with E-state index in [0.29, 0.717) is 24.5 Å². The number of nitrogen functional groups attached to an aromatic ring is 1. The fourth-order valence-corrected chi connectivity index (χ4v) is 2.31. The molecule has 0 saturated carbocycles. The number of primary amides is 1. The molecule has 1 heterocycles. The molecule has 1 aromatic carbocycles. The first-order valence-corrected chi connectivity index (χ1v) is 6.75. The molecule has 1 atom stereocenters. The molecule has 1 saturated heterocycles. The number of aryl methyl sites for hydroxylation is 1. The van der Waals surface area contributed by atoms with Gasteiger partial charge in [0.1, 0.15) is 6.04 Å². The van der Waals surface area contributed by atoms with E-state index in [1.807, 2.05) is 19.1 Å². The number of hydrogen-bond acceptors (Lipinski definition) is 5. The van der Waals surface area contributed by atoms with Crippen LogP contribution in [-0.4, -0.2) is 49.1 Å². The highest BCUT2D eigenvalue weighted by atomic mass is 16.5. The van der Waals surface area contributed by atoms with Crippen molar-refractivity contribution in [2.45, 2.75) is 13.0 Å². The Morgan fingerprint density at radius 2 is 2.24 bits per heavy atom. The summed E-state index contributed by atoms with van der Waals surface area (Å²) in [4.78, 5) is 25.2.